The van der Waals surface area contributed by atoms with Gasteiger partial charge in [0.1, 0.15) is 12.6 Å². The van der Waals surface area contributed by atoms with Gasteiger partial charge in [-0.05, 0) is 67.8 Å². The Morgan fingerprint density at radius 1 is 0.909 bits per heavy atom. The van der Waals surface area contributed by atoms with Crippen LogP contribution in [0.25, 0.3) is 0 Å². The minimum absolute atomic E-state index is 0.101. The molecule has 0 fully saturated rings. The molecule has 0 saturated heterocycles. The molecule has 3 aromatic carbocycles. The standard InChI is InChI=1S/C30H31Cl3F3N3O4S/c1-18(2)15-37-29(41)20(4)38(16-21-7-8-22(31)13-27(21)33)28(40)17-39(44(42,43)24-10-5-19(3)6-11-24)23-9-12-26(32)25(14-23)30(34,35)36/h5-14,18,20H,15-17H2,1-4H3,(H,37,41). The zero-order chi connectivity index (χ0) is 33.0. The molecule has 14 heteroatoms. The first kappa shape index (κ1) is 35.5. The Kier molecular flexibility index (Phi) is 11.6. The van der Waals surface area contributed by atoms with Gasteiger partial charge in [-0.3, -0.25) is 13.9 Å². The van der Waals surface area contributed by atoms with Crippen LogP contribution < -0.4 is 9.62 Å². The van der Waals surface area contributed by atoms with Crippen LogP contribution in [0.4, 0.5) is 18.9 Å². The number of hydrogen-bond acceptors (Lipinski definition) is 4. The lowest BCUT2D eigenvalue weighted by Crippen LogP contribution is -2.51. The highest BCUT2D eigenvalue weighted by atomic mass is 35.5. The molecule has 0 aliphatic heterocycles. The molecule has 0 spiro atoms. The van der Waals surface area contributed by atoms with Crippen molar-refractivity contribution in [2.45, 2.75) is 51.4 Å². The highest BCUT2D eigenvalue weighted by molar-refractivity contribution is 7.92. The summed E-state index contributed by atoms with van der Waals surface area (Å²) in [4.78, 5) is 27.9. The summed E-state index contributed by atoms with van der Waals surface area (Å²) in [6.07, 6.45) is -4.91. The molecule has 0 saturated carbocycles. The Balaban J connectivity index is 2.13. The Labute approximate surface area is 269 Å². The lowest BCUT2D eigenvalue weighted by Gasteiger charge is -2.32. The molecular weight excluding hydrogens is 662 g/mol. The van der Waals surface area contributed by atoms with Gasteiger partial charge in [0.2, 0.25) is 11.8 Å². The zero-order valence-electron chi connectivity index (χ0n) is 24.3. The summed E-state index contributed by atoms with van der Waals surface area (Å²) in [6.45, 7) is 6.11. The van der Waals surface area contributed by atoms with Crippen molar-refractivity contribution in [3.8, 4) is 0 Å². The van der Waals surface area contributed by atoms with Gasteiger partial charge in [0.15, 0.2) is 0 Å². The van der Waals surface area contributed by atoms with Gasteiger partial charge in [-0.25, -0.2) is 8.42 Å². The van der Waals surface area contributed by atoms with Crippen molar-refractivity contribution in [1.82, 2.24) is 10.2 Å². The predicted molar refractivity (Wildman–Crippen MR) is 166 cm³/mol. The first-order valence-corrected chi connectivity index (χ1v) is 16.0. The number of halogens is 6. The van der Waals surface area contributed by atoms with Gasteiger partial charge in [0.25, 0.3) is 10.0 Å². The number of nitrogens with zero attached hydrogens (tertiary/aromatic N) is 2. The van der Waals surface area contributed by atoms with Crippen molar-refractivity contribution < 1.29 is 31.2 Å². The molecule has 3 aromatic rings. The van der Waals surface area contributed by atoms with E-state index >= 15 is 0 Å². The Morgan fingerprint density at radius 3 is 2.11 bits per heavy atom. The molecule has 238 valence electrons. The summed E-state index contributed by atoms with van der Waals surface area (Å²) in [5.74, 6) is -1.29. The van der Waals surface area contributed by atoms with Crippen LogP contribution in [0.15, 0.2) is 65.6 Å². The van der Waals surface area contributed by atoms with Crippen LogP contribution >= 0.6 is 34.8 Å². The molecular formula is C30H31Cl3F3N3O4S. The van der Waals surface area contributed by atoms with Crippen molar-refractivity contribution >= 4 is 62.3 Å². The lowest BCUT2D eigenvalue weighted by atomic mass is 10.1. The van der Waals surface area contributed by atoms with Gasteiger partial charge in [0.05, 0.1) is 21.2 Å². The quantitative estimate of drug-likeness (QED) is 0.228. The molecule has 44 heavy (non-hydrogen) atoms. The van der Waals surface area contributed by atoms with Crippen molar-refractivity contribution in [2.24, 2.45) is 5.92 Å². The number of sulfonamides is 1. The number of carbonyl (C=O) groups excluding carboxylic acids is 2. The number of anilines is 1. The SMILES string of the molecule is Cc1ccc(S(=O)(=O)N(CC(=O)N(Cc2ccc(Cl)cc2Cl)C(C)C(=O)NCC(C)C)c2ccc(Cl)c(C(F)(F)F)c2)cc1. The van der Waals surface area contributed by atoms with E-state index < -0.39 is 56.9 Å². The molecule has 0 aliphatic carbocycles. The molecule has 1 atom stereocenters. The molecule has 1 N–H and O–H groups in total. The first-order valence-electron chi connectivity index (χ1n) is 13.4. The second-order valence-corrected chi connectivity index (χ2v) is 13.7. The van der Waals surface area contributed by atoms with Crippen molar-refractivity contribution in [3.63, 3.8) is 0 Å². The second kappa shape index (κ2) is 14.4. The van der Waals surface area contributed by atoms with Crippen LogP contribution in [0, 0.1) is 12.8 Å². The van der Waals surface area contributed by atoms with Crippen LogP contribution in [-0.4, -0.2) is 44.3 Å². The molecule has 7 nitrogen and oxygen atoms in total. The molecule has 0 radical (unpaired) electrons. The highest BCUT2D eigenvalue weighted by Crippen LogP contribution is 2.38. The van der Waals surface area contributed by atoms with Crippen LogP contribution in [0.5, 0.6) is 0 Å². The van der Waals surface area contributed by atoms with E-state index in [1.807, 2.05) is 13.8 Å². The summed E-state index contributed by atoms with van der Waals surface area (Å²) in [5.41, 5.74) is -0.576. The summed E-state index contributed by atoms with van der Waals surface area (Å²) in [7, 11) is -4.60. The van der Waals surface area contributed by atoms with Gasteiger partial charge >= 0.3 is 6.18 Å². The van der Waals surface area contributed by atoms with Gasteiger partial charge in [0, 0.05) is 23.1 Å². The summed E-state index contributed by atoms with van der Waals surface area (Å²) in [5, 5.41) is 2.63. The fraction of sp³-hybridized carbons (Fsp3) is 0.333. The Hall–Kier alpha value is -2.99. The average Bonchev–Trinajstić information content (AvgIpc) is 2.93. The number of nitrogens with one attached hydrogen (secondary N) is 1. The number of carbonyl (C=O) groups is 2. The molecule has 0 bridgehead atoms. The van der Waals surface area contributed by atoms with E-state index in [0.29, 0.717) is 27.5 Å². The monoisotopic (exact) mass is 691 g/mol. The van der Waals surface area contributed by atoms with Crippen LogP contribution in [0.2, 0.25) is 15.1 Å². The molecule has 1 unspecified atom stereocenters. The molecule has 0 aliphatic rings. The second-order valence-electron chi connectivity index (χ2n) is 10.6. The van der Waals surface area contributed by atoms with Gasteiger partial charge < -0.3 is 10.2 Å². The maximum atomic E-state index is 14.0. The molecule has 3 rings (SSSR count). The molecule has 0 aromatic heterocycles. The van der Waals surface area contributed by atoms with E-state index in [-0.39, 0.29) is 22.4 Å². The topological polar surface area (TPSA) is 86.8 Å². The Morgan fingerprint density at radius 2 is 1.55 bits per heavy atom. The normalized spacial score (nSPS) is 12.6. The fourth-order valence-corrected chi connectivity index (χ4v) is 6.22. The first-order chi connectivity index (χ1) is 20.4. The minimum atomic E-state index is -4.91. The number of aryl methyl sites for hydroxylation is 1. The van der Waals surface area contributed by atoms with Crippen LogP contribution in [0.3, 0.4) is 0 Å². The zero-order valence-corrected chi connectivity index (χ0v) is 27.3. The third kappa shape index (κ3) is 8.80. The maximum absolute atomic E-state index is 14.0. The fourth-order valence-electron chi connectivity index (χ4n) is 4.12. The van der Waals surface area contributed by atoms with E-state index in [1.54, 1.807) is 13.0 Å². The minimum Gasteiger partial charge on any atom is -0.354 e. The largest absolute Gasteiger partial charge is 0.417 e. The summed E-state index contributed by atoms with van der Waals surface area (Å²) < 4.78 is 69.7. The van der Waals surface area contributed by atoms with Crippen LogP contribution in [0.1, 0.15) is 37.5 Å². The van der Waals surface area contributed by atoms with E-state index in [9.17, 15) is 31.2 Å². The van der Waals surface area contributed by atoms with Gasteiger partial charge in [-0.2, -0.15) is 13.2 Å². The average molecular weight is 693 g/mol. The van der Waals surface area contributed by atoms with E-state index in [0.717, 1.165) is 22.6 Å². The lowest BCUT2D eigenvalue weighted by molar-refractivity contribution is -0.139. The van der Waals surface area contributed by atoms with E-state index in [1.165, 1.54) is 43.3 Å². The highest BCUT2D eigenvalue weighted by Gasteiger charge is 2.37. The Bertz CT molecular complexity index is 1620. The van der Waals surface area contributed by atoms with Crippen molar-refractivity contribution in [3.05, 3.63) is 92.4 Å². The molecule has 0 heterocycles. The van der Waals surface area contributed by atoms with Crippen LogP contribution in [-0.2, 0) is 32.3 Å². The maximum Gasteiger partial charge on any atom is 0.417 e. The predicted octanol–water partition coefficient (Wildman–Crippen LogP) is 7.36. The number of benzene rings is 3. The number of hydrogen-bond donors (Lipinski definition) is 1. The van der Waals surface area contributed by atoms with Crippen molar-refractivity contribution in [1.29, 1.82) is 0 Å². The number of rotatable bonds is 11. The van der Waals surface area contributed by atoms with E-state index in [4.69, 9.17) is 34.8 Å². The summed E-state index contributed by atoms with van der Waals surface area (Å²) >= 11 is 18.2. The third-order valence-corrected chi connectivity index (χ3v) is 9.34. The third-order valence-electron chi connectivity index (χ3n) is 6.64. The van der Waals surface area contributed by atoms with Gasteiger partial charge in [-0.1, -0.05) is 72.4 Å². The summed E-state index contributed by atoms with van der Waals surface area (Å²) in [6, 6.07) is 11.6. The number of amides is 2. The van der Waals surface area contributed by atoms with Crippen molar-refractivity contribution in [2.75, 3.05) is 17.4 Å². The number of alkyl halides is 3. The smallest absolute Gasteiger partial charge is 0.354 e. The van der Waals surface area contributed by atoms with E-state index in [2.05, 4.69) is 5.32 Å². The molecule has 2 amide bonds. The van der Waals surface area contributed by atoms with Gasteiger partial charge in [-0.15, -0.1) is 0 Å².